The molecule has 0 aliphatic heterocycles. The zero-order chi connectivity index (χ0) is 46.2. The van der Waals surface area contributed by atoms with Gasteiger partial charge in [0.2, 0.25) is 0 Å². The number of fused-ring (bicyclic) bond motifs is 8. The van der Waals surface area contributed by atoms with Crippen molar-refractivity contribution in [2.45, 2.75) is 66.2 Å². The van der Waals surface area contributed by atoms with E-state index in [0.29, 0.717) is 0 Å². The Morgan fingerprint density at radius 2 is 0.731 bits per heavy atom. The van der Waals surface area contributed by atoms with Crippen LogP contribution in [0, 0.1) is 13.8 Å². The Bertz CT molecular complexity index is 3470. The van der Waals surface area contributed by atoms with E-state index in [1.807, 2.05) is 0 Å². The van der Waals surface area contributed by atoms with Gasteiger partial charge < -0.3 is 14.4 Å². The maximum Gasteiger partial charge on any atom is 0.0568 e. The van der Waals surface area contributed by atoms with Crippen molar-refractivity contribution in [2.24, 2.45) is 0 Å². The highest BCUT2D eigenvalue weighted by Crippen LogP contribution is 2.51. The highest BCUT2D eigenvalue weighted by atomic mass is 15.2. The summed E-state index contributed by atoms with van der Waals surface area (Å²) < 4.78 is 2.54. The fraction of sp³-hybridized carbons (Fsp3) is 0.156. The van der Waals surface area contributed by atoms with Crippen LogP contribution in [0.15, 0.2) is 200 Å². The molecule has 0 aliphatic carbocycles. The number of aryl methyl sites for hydroxylation is 2. The minimum absolute atomic E-state index is 0.0325. The molecule has 0 aliphatic rings. The van der Waals surface area contributed by atoms with Crippen molar-refractivity contribution in [1.82, 2.24) is 4.57 Å². The van der Waals surface area contributed by atoms with E-state index in [1.54, 1.807) is 0 Å². The van der Waals surface area contributed by atoms with E-state index in [0.717, 1.165) is 50.8 Å². The lowest BCUT2D eigenvalue weighted by Gasteiger charge is -2.29. The molecular weight excluding hydrogens is 811 g/mol. The Morgan fingerprint density at radius 1 is 0.343 bits per heavy atom. The van der Waals surface area contributed by atoms with Crippen LogP contribution in [-0.4, -0.2) is 4.57 Å². The Labute approximate surface area is 395 Å². The molecule has 11 aromatic rings. The van der Waals surface area contributed by atoms with Crippen LogP contribution in [0.4, 0.5) is 34.1 Å². The average molecular weight is 868 g/mol. The molecule has 328 valence electrons. The molecule has 0 bridgehead atoms. The summed E-state index contributed by atoms with van der Waals surface area (Å²) in [4.78, 5) is 4.97. The first-order valence-electron chi connectivity index (χ1n) is 23.7. The third kappa shape index (κ3) is 7.21. The first-order chi connectivity index (χ1) is 32.3. The third-order valence-corrected chi connectivity index (χ3v) is 13.9. The highest BCUT2D eigenvalue weighted by molar-refractivity contribution is 6.32. The molecule has 11 rings (SSSR count). The van der Waals surface area contributed by atoms with Crippen LogP contribution < -0.4 is 9.80 Å². The van der Waals surface area contributed by atoms with Crippen molar-refractivity contribution >= 4 is 88.2 Å². The number of anilines is 6. The summed E-state index contributed by atoms with van der Waals surface area (Å²) in [5.41, 5.74) is 15.4. The van der Waals surface area contributed by atoms with Gasteiger partial charge in [0.1, 0.15) is 0 Å². The first-order valence-corrected chi connectivity index (χ1v) is 23.7. The molecule has 67 heavy (non-hydrogen) atoms. The smallest absolute Gasteiger partial charge is 0.0568 e. The van der Waals surface area contributed by atoms with Crippen LogP contribution in [0.5, 0.6) is 0 Å². The topological polar surface area (TPSA) is 11.4 Å². The standard InChI is InChI=1S/C64H57N3/c1-42-19-9-17-27-55(42)65(48-35-30-46(31-36-48)63(3,4)5)57-40-59-61(53-25-15-13-23-51(53)57)62-54-26-16-14-24-52(54)58(41-60(62)67(59)50-34-29-44-21-11-12-22-45(44)39-50)66(56-28-18-10-20-43(56)2)49-37-32-47(33-38-49)64(6,7)8/h9-41H,1-8H3. The van der Waals surface area contributed by atoms with E-state index >= 15 is 0 Å². The summed E-state index contributed by atoms with van der Waals surface area (Å²) in [7, 11) is 0. The maximum absolute atomic E-state index is 2.54. The summed E-state index contributed by atoms with van der Waals surface area (Å²) in [6.07, 6.45) is 0. The lowest BCUT2D eigenvalue weighted by atomic mass is 9.87. The van der Waals surface area contributed by atoms with Gasteiger partial charge in [-0.15, -0.1) is 0 Å². The van der Waals surface area contributed by atoms with E-state index in [4.69, 9.17) is 0 Å². The van der Waals surface area contributed by atoms with Crippen LogP contribution in [0.25, 0.3) is 59.8 Å². The van der Waals surface area contributed by atoms with Crippen molar-refractivity contribution in [2.75, 3.05) is 9.80 Å². The Morgan fingerprint density at radius 3 is 1.16 bits per heavy atom. The molecule has 0 atom stereocenters. The van der Waals surface area contributed by atoms with Gasteiger partial charge >= 0.3 is 0 Å². The minimum Gasteiger partial charge on any atom is -0.310 e. The SMILES string of the molecule is Cc1ccccc1N(c1ccc(C(C)(C)C)cc1)c1cc2c(c3ccccc13)c1c3ccccc3c(N(c3ccc(C(C)(C)C)cc3)c3ccccc3C)cc1n2-c1ccc2ccccc2c1. The lowest BCUT2D eigenvalue weighted by Crippen LogP contribution is -2.14. The second kappa shape index (κ2) is 16.1. The number of nitrogens with zero attached hydrogens (tertiary/aromatic N) is 3. The van der Waals surface area contributed by atoms with Gasteiger partial charge in [-0.05, 0) is 129 Å². The molecule has 0 N–H and O–H groups in total. The van der Waals surface area contributed by atoms with Crippen molar-refractivity contribution in [3.63, 3.8) is 0 Å². The van der Waals surface area contributed by atoms with E-state index < -0.39 is 0 Å². The zero-order valence-corrected chi connectivity index (χ0v) is 39.9. The summed E-state index contributed by atoms with van der Waals surface area (Å²) in [6, 6.07) is 74.7. The highest BCUT2D eigenvalue weighted by Gasteiger charge is 2.27. The molecule has 0 spiro atoms. The normalized spacial score (nSPS) is 12.2. The molecule has 10 aromatic carbocycles. The average Bonchev–Trinajstić information content (AvgIpc) is 3.67. The maximum atomic E-state index is 2.54. The Hall–Kier alpha value is -7.62. The Kier molecular flexibility index (Phi) is 10.1. The molecule has 1 aromatic heterocycles. The number of aromatic nitrogens is 1. The van der Waals surface area contributed by atoms with Crippen LogP contribution in [0.2, 0.25) is 0 Å². The van der Waals surface area contributed by atoms with Crippen LogP contribution in [-0.2, 0) is 10.8 Å². The predicted molar refractivity (Wildman–Crippen MR) is 290 cm³/mol. The van der Waals surface area contributed by atoms with E-state index in [1.165, 1.54) is 65.3 Å². The van der Waals surface area contributed by atoms with Crippen molar-refractivity contribution < 1.29 is 0 Å². The van der Waals surface area contributed by atoms with Crippen molar-refractivity contribution in [3.8, 4) is 5.69 Å². The molecule has 0 fully saturated rings. The molecule has 0 saturated carbocycles. The first kappa shape index (κ1) is 42.0. The van der Waals surface area contributed by atoms with Gasteiger partial charge in [-0.3, -0.25) is 0 Å². The number of rotatable bonds is 7. The fourth-order valence-corrected chi connectivity index (χ4v) is 10.3. The molecular formula is C64H57N3. The van der Waals surface area contributed by atoms with Gasteiger partial charge in [0, 0.05) is 50.0 Å². The molecule has 0 unspecified atom stereocenters. The van der Waals surface area contributed by atoms with Crippen molar-refractivity contribution in [3.05, 3.63) is 222 Å². The number of benzene rings is 10. The van der Waals surface area contributed by atoms with Gasteiger partial charge in [-0.2, -0.15) is 0 Å². The monoisotopic (exact) mass is 867 g/mol. The van der Waals surface area contributed by atoms with Gasteiger partial charge in [-0.25, -0.2) is 0 Å². The second-order valence-corrected chi connectivity index (χ2v) is 20.4. The molecule has 0 radical (unpaired) electrons. The molecule has 1 heterocycles. The summed E-state index contributed by atoms with van der Waals surface area (Å²) in [6.45, 7) is 18.2. The number of para-hydroxylation sites is 2. The number of hydrogen-bond donors (Lipinski definition) is 0. The third-order valence-electron chi connectivity index (χ3n) is 13.9. The molecule has 3 heteroatoms. The van der Waals surface area contributed by atoms with Gasteiger partial charge in [0.15, 0.2) is 0 Å². The summed E-state index contributed by atoms with van der Waals surface area (Å²) in [5, 5.41) is 9.75. The zero-order valence-electron chi connectivity index (χ0n) is 39.9. The summed E-state index contributed by atoms with van der Waals surface area (Å²) in [5.74, 6) is 0. The van der Waals surface area contributed by atoms with Crippen molar-refractivity contribution in [1.29, 1.82) is 0 Å². The van der Waals surface area contributed by atoms with E-state index in [9.17, 15) is 0 Å². The van der Waals surface area contributed by atoms with Gasteiger partial charge in [0.05, 0.1) is 22.4 Å². The quantitative estimate of drug-likeness (QED) is 0.158. The second-order valence-electron chi connectivity index (χ2n) is 20.4. The largest absolute Gasteiger partial charge is 0.310 e. The summed E-state index contributed by atoms with van der Waals surface area (Å²) >= 11 is 0. The predicted octanol–water partition coefficient (Wildman–Crippen LogP) is 18.4. The van der Waals surface area contributed by atoms with E-state index in [-0.39, 0.29) is 10.8 Å². The lowest BCUT2D eigenvalue weighted by molar-refractivity contribution is 0.590. The Balaban J connectivity index is 1.30. The van der Waals surface area contributed by atoms with Crippen LogP contribution >= 0.6 is 0 Å². The van der Waals surface area contributed by atoms with Gasteiger partial charge in [0.25, 0.3) is 0 Å². The van der Waals surface area contributed by atoms with Gasteiger partial charge in [-0.1, -0.05) is 181 Å². The fourth-order valence-electron chi connectivity index (χ4n) is 10.3. The van der Waals surface area contributed by atoms with E-state index in [2.05, 4.69) is 270 Å². The molecule has 3 nitrogen and oxygen atoms in total. The molecule has 0 amide bonds. The minimum atomic E-state index is 0.0325. The molecule has 0 saturated heterocycles. The van der Waals surface area contributed by atoms with Crippen LogP contribution in [0.1, 0.15) is 63.8 Å². The van der Waals surface area contributed by atoms with Crippen LogP contribution in [0.3, 0.4) is 0 Å². The number of hydrogen-bond acceptors (Lipinski definition) is 2.